The summed E-state index contributed by atoms with van der Waals surface area (Å²) >= 11 is 0. The van der Waals surface area contributed by atoms with Crippen LogP contribution in [-0.2, 0) is 11.3 Å². The van der Waals surface area contributed by atoms with E-state index >= 15 is 0 Å². The molecule has 9 nitrogen and oxygen atoms in total. The fourth-order valence-electron chi connectivity index (χ4n) is 6.69. The second kappa shape index (κ2) is 16.1. The zero-order valence-corrected chi connectivity index (χ0v) is 27.3. The van der Waals surface area contributed by atoms with Gasteiger partial charge in [-0.1, -0.05) is 60.7 Å². The largest absolute Gasteiger partial charge is 0.481 e. The molecule has 6 rings (SSSR count). The van der Waals surface area contributed by atoms with E-state index in [1.54, 1.807) is 4.90 Å². The summed E-state index contributed by atoms with van der Waals surface area (Å²) < 4.78 is 37.8. The van der Waals surface area contributed by atoms with Crippen molar-refractivity contribution in [3.05, 3.63) is 83.2 Å². The Balaban J connectivity index is 0.00000240. The number of aromatic nitrogens is 2. The fraction of sp³-hybridized carbons (Fsp3) is 0.485. The molecule has 2 aliphatic heterocycles. The number of aliphatic hydroxyl groups is 1. The van der Waals surface area contributed by atoms with E-state index in [-0.39, 0.29) is 60.5 Å². The number of piperazine rings is 2. The van der Waals surface area contributed by atoms with Crippen LogP contribution in [0.15, 0.2) is 60.7 Å². The third kappa shape index (κ3) is 8.06. The number of alkyl halides is 2. The smallest absolute Gasteiger partial charge is 0.272 e. The molecule has 3 aliphatic rings. The lowest BCUT2D eigenvalue weighted by Gasteiger charge is -2.53. The van der Waals surface area contributed by atoms with Crippen LogP contribution in [0.1, 0.15) is 47.2 Å². The van der Waals surface area contributed by atoms with E-state index in [2.05, 4.69) is 68.3 Å². The Morgan fingerprint density at radius 1 is 0.935 bits per heavy atom. The minimum atomic E-state index is -2.64. The minimum Gasteiger partial charge on any atom is -0.481 e. The summed E-state index contributed by atoms with van der Waals surface area (Å²) in [5.41, 5.74) is 2.92. The number of ether oxygens (including phenoxy) is 2. The van der Waals surface area contributed by atoms with Gasteiger partial charge in [-0.05, 0) is 24.0 Å². The van der Waals surface area contributed by atoms with E-state index in [9.17, 15) is 18.7 Å². The number of amides is 1. The highest BCUT2D eigenvalue weighted by molar-refractivity contribution is 5.85. The number of nitrogens with zero attached hydrogens (tertiary/aromatic N) is 5. The van der Waals surface area contributed by atoms with E-state index in [1.807, 2.05) is 12.1 Å². The Morgan fingerprint density at radius 3 is 2.13 bits per heavy atom. The molecule has 46 heavy (non-hydrogen) atoms. The monoisotopic (exact) mass is 679 g/mol. The standard InChI is InChI=1S/C33H39F2N5O4.2ClH/c1-43-32-26(33(44-21-28(34)35)37-31(36-32)24-12-13-24)18-38-16-25-17-39(29(42)20-41)14-15-40(25)27(19-38)30(22-8-4-2-5-9-22)23-10-6-3-7-11-23;;/h2-11,24-25,27-28,30,41H,12-21H2,1H3;2*1H/t25-,27+;;/m1../s1. The molecule has 3 aromatic rings. The van der Waals surface area contributed by atoms with Gasteiger partial charge in [0.1, 0.15) is 12.4 Å². The van der Waals surface area contributed by atoms with Gasteiger partial charge in [0.05, 0.1) is 12.7 Å². The number of carbonyl (C=O) groups is 1. The summed E-state index contributed by atoms with van der Waals surface area (Å²) in [4.78, 5) is 28.3. The molecule has 1 aliphatic carbocycles. The minimum absolute atomic E-state index is 0. The predicted octanol–water partition coefficient (Wildman–Crippen LogP) is 4.37. The Hall–Kier alpha value is -3.09. The van der Waals surface area contributed by atoms with Crippen molar-refractivity contribution in [1.29, 1.82) is 0 Å². The lowest BCUT2D eigenvalue weighted by atomic mass is 9.81. The van der Waals surface area contributed by atoms with Gasteiger partial charge in [-0.2, -0.15) is 9.97 Å². The van der Waals surface area contributed by atoms with Crippen LogP contribution in [0.4, 0.5) is 8.78 Å². The summed E-state index contributed by atoms with van der Waals surface area (Å²) in [6.07, 6.45) is -0.743. The maximum Gasteiger partial charge on any atom is 0.272 e. The number of halogens is 4. The quantitative estimate of drug-likeness (QED) is 0.320. The molecule has 1 saturated carbocycles. The van der Waals surface area contributed by atoms with Crippen molar-refractivity contribution in [3.8, 4) is 11.8 Å². The highest BCUT2D eigenvalue weighted by Gasteiger charge is 2.43. The third-order valence-corrected chi connectivity index (χ3v) is 8.87. The van der Waals surface area contributed by atoms with Gasteiger partial charge >= 0.3 is 0 Å². The zero-order chi connectivity index (χ0) is 30.6. The molecular formula is C33H41Cl2F2N5O4. The van der Waals surface area contributed by atoms with Crippen molar-refractivity contribution in [3.63, 3.8) is 0 Å². The van der Waals surface area contributed by atoms with Gasteiger partial charge < -0.3 is 19.5 Å². The number of aliphatic hydroxyl groups excluding tert-OH is 1. The van der Waals surface area contributed by atoms with Crippen LogP contribution in [0.2, 0.25) is 0 Å². The number of rotatable bonds is 11. The summed E-state index contributed by atoms with van der Waals surface area (Å²) in [6.45, 7) is 2.02. The van der Waals surface area contributed by atoms with Crippen molar-refractivity contribution < 1.29 is 28.2 Å². The molecule has 13 heteroatoms. The van der Waals surface area contributed by atoms with Gasteiger partial charge in [-0.15, -0.1) is 24.8 Å². The molecule has 2 saturated heterocycles. The molecule has 0 unspecified atom stereocenters. The lowest BCUT2D eigenvalue weighted by molar-refractivity contribution is -0.139. The first-order valence-electron chi connectivity index (χ1n) is 15.3. The molecule has 3 heterocycles. The normalized spacial score (nSPS) is 20.1. The molecule has 0 spiro atoms. The maximum atomic E-state index is 13.3. The topological polar surface area (TPSA) is 91.3 Å². The average molecular weight is 681 g/mol. The molecule has 1 amide bonds. The summed E-state index contributed by atoms with van der Waals surface area (Å²) in [5.74, 6) is 0.989. The van der Waals surface area contributed by atoms with Crippen molar-refractivity contribution in [2.75, 3.05) is 53.0 Å². The molecule has 0 radical (unpaired) electrons. The van der Waals surface area contributed by atoms with Crippen LogP contribution in [-0.4, -0.2) is 107 Å². The maximum absolute atomic E-state index is 13.3. The molecule has 1 aromatic heterocycles. The van der Waals surface area contributed by atoms with Crippen molar-refractivity contribution in [2.45, 2.75) is 49.7 Å². The number of fused-ring (bicyclic) bond motifs is 1. The first-order chi connectivity index (χ1) is 21.4. The lowest BCUT2D eigenvalue weighted by Crippen LogP contribution is -2.67. The number of methoxy groups -OCH3 is 1. The second-order valence-electron chi connectivity index (χ2n) is 11.8. The third-order valence-electron chi connectivity index (χ3n) is 8.87. The fourth-order valence-corrected chi connectivity index (χ4v) is 6.69. The molecular weight excluding hydrogens is 639 g/mol. The van der Waals surface area contributed by atoms with Gasteiger partial charge in [0.2, 0.25) is 17.7 Å². The van der Waals surface area contributed by atoms with Crippen molar-refractivity contribution >= 4 is 30.7 Å². The molecule has 2 atom stereocenters. The first kappa shape index (κ1) is 35.8. The van der Waals surface area contributed by atoms with Crippen molar-refractivity contribution in [1.82, 2.24) is 24.7 Å². The second-order valence-corrected chi connectivity index (χ2v) is 11.8. The Kier molecular flexibility index (Phi) is 12.6. The van der Waals surface area contributed by atoms with E-state index in [0.29, 0.717) is 56.5 Å². The molecule has 3 fully saturated rings. The number of hydrogen-bond donors (Lipinski definition) is 1. The van der Waals surface area contributed by atoms with E-state index in [4.69, 9.17) is 9.47 Å². The van der Waals surface area contributed by atoms with Gasteiger partial charge in [0.25, 0.3) is 6.43 Å². The Bertz CT molecular complexity index is 1380. The Labute approximate surface area is 280 Å². The number of benzene rings is 2. The van der Waals surface area contributed by atoms with E-state index in [0.717, 1.165) is 12.8 Å². The average Bonchev–Trinajstić information content (AvgIpc) is 3.90. The van der Waals surface area contributed by atoms with Crippen LogP contribution in [0.25, 0.3) is 0 Å². The van der Waals surface area contributed by atoms with Crippen LogP contribution in [0.3, 0.4) is 0 Å². The zero-order valence-electron chi connectivity index (χ0n) is 25.7. The van der Waals surface area contributed by atoms with Gasteiger partial charge in [-0.25, -0.2) is 8.78 Å². The first-order valence-corrected chi connectivity index (χ1v) is 15.3. The van der Waals surface area contributed by atoms with Gasteiger partial charge in [0, 0.05) is 63.2 Å². The molecule has 250 valence electrons. The highest BCUT2D eigenvalue weighted by atomic mass is 35.5. The van der Waals surface area contributed by atoms with Crippen molar-refractivity contribution in [2.24, 2.45) is 0 Å². The van der Waals surface area contributed by atoms with Crippen LogP contribution in [0.5, 0.6) is 11.8 Å². The molecule has 1 N–H and O–H groups in total. The summed E-state index contributed by atoms with van der Waals surface area (Å²) in [6, 6.07) is 20.9. The van der Waals surface area contributed by atoms with Gasteiger partial charge in [-0.3, -0.25) is 14.6 Å². The number of hydrogen-bond acceptors (Lipinski definition) is 8. The molecule has 0 bridgehead atoms. The Morgan fingerprint density at radius 2 is 1.57 bits per heavy atom. The number of carbonyl (C=O) groups excluding carboxylic acids is 1. The summed E-state index contributed by atoms with van der Waals surface area (Å²) in [5, 5.41) is 9.60. The van der Waals surface area contributed by atoms with Crippen LogP contribution < -0.4 is 9.47 Å². The van der Waals surface area contributed by atoms with Crippen LogP contribution >= 0.6 is 24.8 Å². The molecule has 2 aromatic carbocycles. The predicted molar refractivity (Wildman–Crippen MR) is 175 cm³/mol. The van der Waals surface area contributed by atoms with E-state index in [1.165, 1.54) is 18.2 Å². The highest BCUT2D eigenvalue weighted by Crippen LogP contribution is 2.41. The van der Waals surface area contributed by atoms with Crippen LogP contribution in [0, 0.1) is 0 Å². The van der Waals surface area contributed by atoms with Gasteiger partial charge in [0.15, 0.2) is 6.61 Å². The van der Waals surface area contributed by atoms with E-state index < -0.39 is 19.6 Å². The SMILES string of the molecule is COc1nc(C2CC2)nc(OCC(F)F)c1CN1C[C@@H]2CN(C(=O)CO)CCN2[C@H](C(c2ccccc2)c2ccccc2)C1.Cl.Cl. The summed E-state index contributed by atoms with van der Waals surface area (Å²) in [7, 11) is 1.53.